The lowest BCUT2D eigenvalue weighted by Crippen LogP contribution is -1.99. The van der Waals surface area contributed by atoms with Crippen molar-refractivity contribution in [1.29, 1.82) is 0 Å². The minimum atomic E-state index is 0.541. The number of methoxy groups -OCH3 is 1. The quantitative estimate of drug-likeness (QED) is 0.759. The van der Waals surface area contributed by atoms with E-state index in [2.05, 4.69) is 16.9 Å². The molecule has 5 heteroatoms. The van der Waals surface area contributed by atoms with Crippen molar-refractivity contribution in [3.63, 3.8) is 0 Å². The Morgan fingerprint density at radius 2 is 1.90 bits per heavy atom. The predicted molar refractivity (Wildman–Crippen MR) is 82.9 cm³/mol. The van der Waals surface area contributed by atoms with E-state index in [1.807, 2.05) is 31.2 Å². The fourth-order valence-electron chi connectivity index (χ4n) is 1.70. The lowest BCUT2D eigenvalue weighted by atomic mass is 10.3. The fraction of sp³-hybridized carbons (Fsp3) is 0.333. The van der Waals surface area contributed by atoms with Crippen molar-refractivity contribution in [3.05, 3.63) is 40.8 Å². The third-order valence-electron chi connectivity index (χ3n) is 2.84. The molecule has 3 nitrogen and oxygen atoms in total. The van der Waals surface area contributed by atoms with E-state index in [4.69, 9.17) is 16.3 Å². The maximum absolute atomic E-state index is 6.18. The van der Waals surface area contributed by atoms with Gasteiger partial charge in [-0.05, 0) is 37.6 Å². The van der Waals surface area contributed by atoms with Crippen molar-refractivity contribution in [2.24, 2.45) is 0 Å². The molecule has 20 heavy (non-hydrogen) atoms. The molecule has 2 aromatic rings. The van der Waals surface area contributed by atoms with Gasteiger partial charge in [-0.2, -0.15) is 0 Å². The van der Waals surface area contributed by atoms with Crippen LogP contribution in [0.5, 0.6) is 5.75 Å². The van der Waals surface area contributed by atoms with Crippen molar-refractivity contribution < 1.29 is 4.74 Å². The summed E-state index contributed by atoms with van der Waals surface area (Å²) in [5, 5.41) is 1.46. The zero-order chi connectivity index (χ0) is 14.5. The van der Waals surface area contributed by atoms with Crippen LogP contribution < -0.4 is 4.74 Å². The number of aromatic nitrogens is 2. The van der Waals surface area contributed by atoms with Gasteiger partial charge in [-0.3, -0.25) is 0 Å². The molecule has 1 heterocycles. The topological polar surface area (TPSA) is 35.0 Å². The molecule has 0 bridgehead atoms. The normalized spacial score (nSPS) is 10.6. The second-order valence-electron chi connectivity index (χ2n) is 4.39. The Bertz CT molecular complexity index is 587. The average Bonchev–Trinajstić information content (AvgIpc) is 2.45. The van der Waals surface area contributed by atoms with Crippen molar-refractivity contribution in [3.8, 4) is 5.75 Å². The zero-order valence-electron chi connectivity index (χ0n) is 11.8. The van der Waals surface area contributed by atoms with Crippen LogP contribution in [0.2, 0.25) is 5.15 Å². The van der Waals surface area contributed by atoms with Crippen LogP contribution in [-0.4, -0.2) is 17.1 Å². The highest BCUT2D eigenvalue weighted by atomic mass is 35.5. The molecule has 0 atom stereocenters. The summed E-state index contributed by atoms with van der Waals surface area (Å²) in [6.45, 7) is 4.05. The Morgan fingerprint density at radius 1 is 1.20 bits per heavy atom. The zero-order valence-corrected chi connectivity index (χ0v) is 13.4. The molecule has 1 aromatic carbocycles. The SMILES string of the molecule is CCCc1nc(Cl)c(C)c(Sc2ccc(OC)cc2)n1. The molecule has 0 saturated carbocycles. The Kier molecular flexibility index (Phi) is 5.26. The average molecular weight is 309 g/mol. The van der Waals surface area contributed by atoms with E-state index in [0.717, 1.165) is 39.9 Å². The molecular weight excluding hydrogens is 292 g/mol. The number of aryl methyl sites for hydroxylation is 1. The standard InChI is InChI=1S/C15H17ClN2OS/c1-4-5-13-17-14(16)10(2)15(18-13)20-12-8-6-11(19-3)7-9-12/h6-9H,4-5H2,1-3H3. The van der Waals surface area contributed by atoms with E-state index < -0.39 is 0 Å². The fourth-order valence-corrected chi connectivity index (χ4v) is 2.84. The maximum atomic E-state index is 6.18. The van der Waals surface area contributed by atoms with Gasteiger partial charge in [0.25, 0.3) is 0 Å². The van der Waals surface area contributed by atoms with Gasteiger partial charge >= 0.3 is 0 Å². The first kappa shape index (κ1) is 15.1. The molecule has 0 aliphatic rings. The summed E-state index contributed by atoms with van der Waals surface area (Å²) < 4.78 is 5.16. The van der Waals surface area contributed by atoms with Gasteiger partial charge in [0.05, 0.1) is 7.11 Å². The Morgan fingerprint density at radius 3 is 2.50 bits per heavy atom. The second-order valence-corrected chi connectivity index (χ2v) is 5.81. The highest BCUT2D eigenvalue weighted by Crippen LogP contribution is 2.32. The van der Waals surface area contributed by atoms with Gasteiger partial charge < -0.3 is 4.74 Å². The molecule has 1 aromatic heterocycles. The lowest BCUT2D eigenvalue weighted by molar-refractivity contribution is 0.414. The first-order valence-electron chi connectivity index (χ1n) is 6.49. The molecule has 0 radical (unpaired) electrons. The molecular formula is C15H17ClN2OS. The van der Waals surface area contributed by atoms with Crippen molar-refractivity contribution >= 4 is 23.4 Å². The van der Waals surface area contributed by atoms with E-state index in [1.165, 1.54) is 0 Å². The number of benzene rings is 1. The number of nitrogens with zero attached hydrogens (tertiary/aromatic N) is 2. The molecule has 106 valence electrons. The van der Waals surface area contributed by atoms with Crippen LogP contribution in [0.25, 0.3) is 0 Å². The van der Waals surface area contributed by atoms with E-state index in [1.54, 1.807) is 18.9 Å². The smallest absolute Gasteiger partial charge is 0.136 e. The first-order chi connectivity index (χ1) is 9.63. The molecule has 0 aliphatic carbocycles. The number of halogens is 1. The molecule has 0 unspecified atom stereocenters. The largest absolute Gasteiger partial charge is 0.497 e. The molecule has 2 rings (SSSR count). The Labute approximate surface area is 128 Å². The molecule has 0 N–H and O–H groups in total. The van der Waals surface area contributed by atoms with Crippen LogP contribution >= 0.6 is 23.4 Å². The minimum Gasteiger partial charge on any atom is -0.497 e. The summed E-state index contributed by atoms with van der Waals surface area (Å²) in [7, 11) is 1.66. The highest BCUT2D eigenvalue weighted by Gasteiger charge is 2.10. The van der Waals surface area contributed by atoms with Gasteiger partial charge in [0.1, 0.15) is 21.8 Å². The number of hydrogen-bond donors (Lipinski definition) is 0. The summed E-state index contributed by atoms with van der Waals surface area (Å²) >= 11 is 7.78. The van der Waals surface area contributed by atoms with Crippen LogP contribution in [0, 0.1) is 6.92 Å². The van der Waals surface area contributed by atoms with Gasteiger partial charge in [0, 0.05) is 16.9 Å². The van der Waals surface area contributed by atoms with Crippen molar-refractivity contribution in [2.75, 3.05) is 7.11 Å². The van der Waals surface area contributed by atoms with Gasteiger partial charge in [-0.15, -0.1) is 0 Å². The van der Waals surface area contributed by atoms with E-state index in [0.29, 0.717) is 5.15 Å². The number of rotatable bonds is 5. The first-order valence-corrected chi connectivity index (χ1v) is 7.68. The summed E-state index contributed by atoms with van der Waals surface area (Å²) in [5.41, 5.74) is 0.923. The van der Waals surface area contributed by atoms with E-state index >= 15 is 0 Å². The summed E-state index contributed by atoms with van der Waals surface area (Å²) in [5.74, 6) is 1.65. The second kappa shape index (κ2) is 6.95. The monoisotopic (exact) mass is 308 g/mol. The van der Waals surface area contributed by atoms with Crippen LogP contribution in [0.4, 0.5) is 0 Å². The predicted octanol–water partition coefficient (Wildman–Crippen LogP) is 4.55. The molecule has 0 aliphatic heterocycles. The van der Waals surface area contributed by atoms with E-state index in [-0.39, 0.29) is 0 Å². The Balaban J connectivity index is 2.26. The molecule has 0 spiro atoms. The van der Waals surface area contributed by atoms with Crippen LogP contribution in [0.15, 0.2) is 34.2 Å². The molecule has 0 fully saturated rings. The van der Waals surface area contributed by atoms with Crippen LogP contribution in [-0.2, 0) is 6.42 Å². The third-order valence-corrected chi connectivity index (χ3v) is 4.30. The number of ether oxygens (including phenoxy) is 1. The molecule has 0 saturated heterocycles. The Hall–Kier alpha value is -1.26. The van der Waals surface area contributed by atoms with Gasteiger partial charge in [0.15, 0.2) is 0 Å². The summed E-state index contributed by atoms with van der Waals surface area (Å²) in [4.78, 5) is 10.0. The van der Waals surface area contributed by atoms with Gasteiger partial charge in [-0.25, -0.2) is 9.97 Å². The number of hydrogen-bond acceptors (Lipinski definition) is 4. The maximum Gasteiger partial charge on any atom is 0.136 e. The minimum absolute atomic E-state index is 0.541. The lowest BCUT2D eigenvalue weighted by Gasteiger charge is -2.09. The van der Waals surface area contributed by atoms with E-state index in [9.17, 15) is 0 Å². The highest BCUT2D eigenvalue weighted by molar-refractivity contribution is 7.99. The molecule has 0 amide bonds. The van der Waals surface area contributed by atoms with Crippen LogP contribution in [0.1, 0.15) is 24.7 Å². The summed E-state index contributed by atoms with van der Waals surface area (Å²) in [6, 6.07) is 7.90. The van der Waals surface area contributed by atoms with Crippen molar-refractivity contribution in [2.45, 2.75) is 36.6 Å². The van der Waals surface area contributed by atoms with Gasteiger partial charge in [-0.1, -0.05) is 30.3 Å². The third kappa shape index (κ3) is 3.64. The summed E-state index contributed by atoms with van der Waals surface area (Å²) in [6.07, 6.45) is 1.85. The van der Waals surface area contributed by atoms with Gasteiger partial charge in [0.2, 0.25) is 0 Å². The van der Waals surface area contributed by atoms with Crippen LogP contribution in [0.3, 0.4) is 0 Å². The van der Waals surface area contributed by atoms with Crippen molar-refractivity contribution in [1.82, 2.24) is 9.97 Å².